The monoisotopic (exact) mass is 267 g/mol. The topological polar surface area (TPSA) is 110 Å². The lowest BCUT2D eigenvalue weighted by atomic mass is 10.4. The van der Waals surface area contributed by atoms with Crippen LogP contribution < -0.4 is 5.32 Å². The van der Waals surface area contributed by atoms with Crippen LogP contribution in [-0.2, 0) is 24.2 Å². The van der Waals surface area contributed by atoms with E-state index < -0.39 is 32.7 Å². The van der Waals surface area contributed by atoms with Crippen molar-refractivity contribution in [3.63, 3.8) is 0 Å². The summed E-state index contributed by atoms with van der Waals surface area (Å²) in [4.78, 5) is 21.7. The largest absolute Gasteiger partial charge is 0.480 e. The third kappa shape index (κ3) is 6.22. The molecule has 100 valence electrons. The van der Waals surface area contributed by atoms with Gasteiger partial charge < -0.3 is 15.2 Å². The molecular formula is C9H17NO6S. The van der Waals surface area contributed by atoms with E-state index in [4.69, 9.17) is 9.84 Å². The van der Waals surface area contributed by atoms with Gasteiger partial charge in [-0.05, 0) is 13.3 Å². The molecule has 1 atom stereocenters. The van der Waals surface area contributed by atoms with Gasteiger partial charge in [-0.2, -0.15) is 0 Å². The molecule has 1 amide bonds. The highest BCUT2D eigenvalue weighted by molar-refractivity contribution is 7.93. The van der Waals surface area contributed by atoms with Crippen LogP contribution in [0.4, 0.5) is 0 Å². The van der Waals surface area contributed by atoms with Crippen molar-refractivity contribution in [1.29, 1.82) is 0 Å². The van der Waals surface area contributed by atoms with Crippen molar-refractivity contribution in [2.75, 3.05) is 26.0 Å². The molecule has 1 unspecified atom stereocenters. The first-order valence-corrected chi connectivity index (χ1v) is 6.73. The Kier molecular flexibility index (Phi) is 6.74. The molecule has 0 aromatic carbocycles. The smallest absolute Gasteiger partial charge is 0.318 e. The number of carboxylic acids is 1. The highest BCUT2D eigenvalue weighted by Crippen LogP contribution is 2.02. The van der Waals surface area contributed by atoms with Crippen LogP contribution in [-0.4, -0.2) is 56.7 Å². The summed E-state index contributed by atoms with van der Waals surface area (Å²) in [6, 6.07) is 0. The van der Waals surface area contributed by atoms with Gasteiger partial charge in [-0.3, -0.25) is 9.59 Å². The molecule has 0 fully saturated rings. The molecule has 0 bridgehead atoms. The molecule has 0 saturated carbocycles. The first-order chi connectivity index (χ1) is 7.81. The summed E-state index contributed by atoms with van der Waals surface area (Å²) in [5, 5.41) is 9.44. The van der Waals surface area contributed by atoms with Crippen LogP contribution in [0.1, 0.15) is 13.3 Å². The van der Waals surface area contributed by atoms with Crippen molar-refractivity contribution in [3.8, 4) is 0 Å². The zero-order valence-electron chi connectivity index (χ0n) is 9.80. The van der Waals surface area contributed by atoms with E-state index in [1.165, 1.54) is 14.0 Å². The number of carbonyl (C=O) groups is 2. The summed E-state index contributed by atoms with van der Waals surface area (Å²) in [7, 11) is -2.43. The van der Waals surface area contributed by atoms with Crippen molar-refractivity contribution in [2.45, 2.75) is 18.6 Å². The molecule has 0 aromatic heterocycles. The Morgan fingerprint density at radius 3 is 2.47 bits per heavy atom. The van der Waals surface area contributed by atoms with E-state index in [9.17, 15) is 18.0 Å². The number of carbonyl (C=O) groups excluding carboxylic acids is 1. The summed E-state index contributed by atoms with van der Waals surface area (Å²) in [6.45, 7) is 1.92. The number of methoxy groups -OCH3 is 1. The number of rotatable bonds is 8. The Hall–Kier alpha value is -1.15. The highest BCUT2D eigenvalue weighted by atomic mass is 32.2. The highest BCUT2D eigenvalue weighted by Gasteiger charge is 2.29. The predicted molar refractivity (Wildman–Crippen MR) is 60.4 cm³/mol. The summed E-state index contributed by atoms with van der Waals surface area (Å²) in [6.07, 6.45) is 0.563. The van der Waals surface area contributed by atoms with E-state index in [0.717, 1.165) is 0 Å². The number of carboxylic acid groups (broad SMARTS) is 1. The van der Waals surface area contributed by atoms with E-state index in [1.54, 1.807) is 0 Å². The molecule has 0 radical (unpaired) electrons. The van der Waals surface area contributed by atoms with Gasteiger partial charge in [0.25, 0.3) is 0 Å². The van der Waals surface area contributed by atoms with Crippen LogP contribution >= 0.6 is 0 Å². The standard InChI is InChI=1S/C9H17NO6S/c1-7(17(14,15)6-8(11)12)9(13)10-4-3-5-16-2/h7H,3-6H2,1-2H3,(H,10,13)(H,11,12). The van der Waals surface area contributed by atoms with Gasteiger partial charge in [-0.15, -0.1) is 0 Å². The molecule has 0 aromatic rings. The van der Waals surface area contributed by atoms with E-state index in [2.05, 4.69) is 5.32 Å². The fourth-order valence-corrected chi connectivity index (χ4v) is 2.04. The number of aliphatic carboxylic acids is 1. The summed E-state index contributed by atoms with van der Waals surface area (Å²) >= 11 is 0. The third-order valence-corrected chi connectivity index (χ3v) is 4.00. The van der Waals surface area contributed by atoms with Gasteiger partial charge in [0.2, 0.25) is 5.91 Å². The lowest BCUT2D eigenvalue weighted by molar-refractivity contribution is -0.134. The number of sulfone groups is 1. The maximum atomic E-state index is 11.4. The van der Waals surface area contributed by atoms with E-state index in [1.807, 2.05) is 0 Å². The van der Waals surface area contributed by atoms with Crippen molar-refractivity contribution in [2.24, 2.45) is 0 Å². The first-order valence-electron chi connectivity index (χ1n) is 5.01. The fourth-order valence-electron chi connectivity index (χ4n) is 1.03. The number of nitrogens with one attached hydrogen (secondary N) is 1. The molecule has 0 spiro atoms. The van der Waals surface area contributed by atoms with E-state index in [-0.39, 0.29) is 0 Å². The Morgan fingerprint density at radius 1 is 1.41 bits per heavy atom. The summed E-state index contributed by atoms with van der Waals surface area (Å²) in [5.74, 6) is -3.20. The second-order valence-electron chi connectivity index (χ2n) is 3.48. The lowest BCUT2D eigenvalue weighted by Gasteiger charge is -2.11. The van der Waals surface area contributed by atoms with Gasteiger partial charge in [0.1, 0.15) is 11.0 Å². The molecule has 2 N–H and O–H groups in total. The third-order valence-electron chi connectivity index (χ3n) is 2.06. The molecule has 0 saturated heterocycles. The van der Waals surface area contributed by atoms with Gasteiger partial charge in [0.05, 0.1) is 0 Å². The molecule has 0 rings (SSSR count). The predicted octanol–water partition coefficient (Wildman–Crippen LogP) is -0.973. The molecular weight excluding hydrogens is 250 g/mol. The van der Waals surface area contributed by atoms with Crippen LogP contribution in [0.2, 0.25) is 0 Å². The van der Waals surface area contributed by atoms with Crippen molar-refractivity contribution < 1.29 is 27.9 Å². The zero-order valence-corrected chi connectivity index (χ0v) is 10.6. The molecule has 0 aliphatic carbocycles. The van der Waals surface area contributed by atoms with Crippen molar-refractivity contribution >= 4 is 21.7 Å². The zero-order chi connectivity index (χ0) is 13.5. The number of ether oxygens (including phenoxy) is 1. The quantitative estimate of drug-likeness (QED) is 0.547. The van der Waals surface area contributed by atoms with Crippen LogP contribution in [0.15, 0.2) is 0 Å². The first kappa shape index (κ1) is 15.9. The normalized spacial score (nSPS) is 13.1. The molecule has 0 heterocycles. The van der Waals surface area contributed by atoms with Gasteiger partial charge in [0, 0.05) is 20.3 Å². The Labute approximate surface area is 100 Å². The molecule has 0 aliphatic rings. The molecule has 17 heavy (non-hydrogen) atoms. The summed E-state index contributed by atoms with van der Waals surface area (Å²) in [5.41, 5.74) is 0. The molecule has 0 aliphatic heterocycles. The number of amides is 1. The van der Waals surface area contributed by atoms with Crippen molar-refractivity contribution in [3.05, 3.63) is 0 Å². The van der Waals surface area contributed by atoms with Gasteiger partial charge >= 0.3 is 5.97 Å². The van der Waals surface area contributed by atoms with Crippen LogP contribution in [0.5, 0.6) is 0 Å². The Balaban J connectivity index is 4.25. The fraction of sp³-hybridized carbons (Fsp3) is 0.778. The molecule has 8 heteroatoms. The Bertz CT molecular complexity index is 364. The second-order valence-corrected chi connectivity index (χ2v) is 5.80. The second kappa shape index (κ2) is 7.23. The summed E-state index contributed by atoms with van der Waals surface area (Å²) < 4.78 is 27.6. The van der Waals surface area contributed by atoms with Gasteiger partial charge in [-0.1, -0.05) is 0 Å². The minimum absolute atomic E-state index is 0.291. The minimum atomic E-state index is -3.94. The van der Waals surface area contributed by atoms with Crippen LogP contribution in [0.3, 0.4) is 0 Å². The van der Waals surface area contributed by atoms with Crippen molar-refractivity contribution in [1.82, 2.24) is 5.32 Å². The maximum Gasteiger partial charge on any atom is 0.318 e. The van der Waals surface area contributed by atoms with Crippen LogP contribution in [0.25, 0.3) is 0 Å². The maximum absolute atomic E-state index is 11.4. The average molecular weight is 267 g/mol. The van der Waals surface area contributed by atoms with Gasteiger partial charge in [0.15, 0.2) is 9.84 Å². The minimum Gasteiger partial charge on any atom is -0.480 e. The number of hydrogen-bond acceptors (Lipinski definition) is 5. The lowest BCUT2D eigenvalue weighted by Crippen LogP contribution is -2.40. The van der Waals surface area contributed by atoms with E-state index in [0.29, 0.717) is 19.6 Å². The van der Waals surface area contributed by atoms with E-state index >= 15 is 0 Å². The average Bonchev–Trinajstić information content (AvgIpc) is 2.21. The molecule has 7 nitrogen and oxygen atoms in total. The van der Waals surface area contributed by atoms with Gasteiger partial charge in [-0.25, -0.2) is 8.42 Å². The Morgan fingerprint density at radius 2 is 2.00 bits per heavy atom. The SMILES string of the molecule is COCCCNC(=O)C(C)S(=O)(=O)CC(=O)O. The number of hydrogen-bond donors (Lipinski definition) is 2. The van der Waals surface area contributed by atoms with Crippen LogP contribution in [0, 0.1) is 0 Å².